The summed E-state index contributed by atoms with van der Waals surface area (Å²) in [4.78, 5) is 3.12. The number of hydrogen-bond acceptors (Lipinski definition) is 2. The van der Waals surface area contributed by atoms with Crippen LogP contribution in [-0.4, -0.2) is 36.5 Å². The lowest BCUT2D eigenvalue weighted by atomic mass is 9.98. The van der Waals surface area contributed by atoms with Crippen LogP contribution in [0.1, 0.15) is 12.8 Å². The molecule has 1 aliphatic rings. The molecule has 0 saturated carbocycles. The Bertz CT molecular complexity index is 380. The highest BCUT2D eigenvalue weighted by atomic mass is 32.2. The SMILES string of the molecule is FC(F)(F)C1CCCN(CCSc2ccccc2)C1. The van der Waals surface area contributed by atoms with Crippen LogP contribution in [0, 0.1) is 5.92 Å². The molecule has 1 aromatic rings. The molecule has 1 fully saturated rings. The number of alkyl halides is 3. The molecular weight excluding hydrogens is 271 g/mol. The van der Waals surface area contributed by atoms with Gasteiger partial charge in [-0.3, -0.25) is 0 Å². The fourth-order valence-corrected chi connectivity index (χ4v) is 3.27. The van der Waals surface area contributed by atoms with Gasteiger partial charge < -0.3 is 4.90 Å². The Kier molecular flexibility index (Phi) is 5.16. The Morgan fingerprint density at radius 2 is 1.95 bits per heavy atom. The van der Waals surface area contributed by atoms with Crippen LogP contribution in [0.3, 0.4) is 0 Å². The lowest BCUT2D eigenvalue weighted by Crippen LogP contribution is -2.42. The molecule has 1 heterocycles. The van der Waals surface area contributed by atoms with Gasteiger partial charge in [0.2, 0.25) is 0 Å². The van der Waals surface area contributed by atoms with Crippen molar-refractivity contribution < 1.29 is 13.2 Å². The van der Waals surface area contributed by atoms with Gasteiger partial charge in [-0.1, -0.05) is 18.2 Å². The third-order valence-electron chi connectivity index (χ3n) is 3.39. The number of benzene rings is 1. The maximum Gasteiger partial charge on any atom is 0.393 e. The zero-order valence-electron chi connectivity index (χ0n) is 10.7. The van der Waals surface area contributed by atoms with Crippen molar-refractivity contribution in [2.24, 2.45) is 5.92 Å². The number of thioether (sulfide) groups is 1. The normalized spacial score (nSPS) is 21.5. The van der Waals surface area contributed by atoms with Crippen LogP contribution in [0.25, 0.3) is 0 Å². The van der Waals surface area contributed by atoms with Gasteiger partial charge in [0.05, 0.1) is 5.92 Å². The van der Waals surface area contributed by atoms with Crippen molar-refractivity contribution in [2.45, 2.75) is 23.9 Å². The molecule has 19 heavy (non-hydrogen) atoms. The minimum atomic E-state index is -4.04. The first-order valence-corrected chi connectivity index (χ1v) is 7.51. The quantitative estimate of drug-likeness (QED) is 0.769. The van der Waals surface area contributed by atoms with Gasteiger partial charge in [0.1, 0.15) is 0 Å². The van der Waals surface area contributed by atoms with Crippen molar-refractivity contribution in [1.29, 1.82) is 0 Å². The summed E-state index contributed by atoms with van der Waals surface area (Å²) in [6.45, 7) is 1.69. The standard InChI is InChI=1S/C14H18F3NS/c15-14(16,17)12-5-4-8-18(11-12)9-10-19-13-6-2-1-3-7-13/h1-3,6-7,12H,4-5,8-11H2. The largest absolute Gasteiger partial charge is 0.393 e. The first kappa shape index (κ1) is 14.7. The fourth-order valence-electron chi connectivity index (χ4n) is 2.34. The van der Waals surface area contributed by atoms with E-state index in [2.05, 4.69) is 0 Å². The van der Waals surface area contributed by atoms with Crippen LogP contribution in [0.15, 0.2) is 35.2 Å². The topological polar surface area (TPSA) is 3.24 Å². The molecular formula is C14H18F3NS. The molecule has 5 heteroatoms. The maximum absolute atomic E-state index is 12.7. The average molecular weight is 289 g/mol. The van der Waals surface area contributed by atoms with Gasteiger partial charge in [-0.05, 0) is 31.5 Å². The van der Waals surface area contributed by atoms with E-state index >= 15 is 0 Å². The van der Waals surface area contributed by atoms with Crippen molar-refractivity contribution in [1.82, 2.24) is 4.90 Å². The fraction of sp³-hybridized carbons (Fsp3) is 0.571. The van der Waals surface area contributed by atoms with Gasteiger partial charge in [-0.15, -0.1) is 11.8 Å². The molecule has 1 atom stereocenters. The second-order valence-electron chi connectivity index (χ2n) is 4.84. The molecule has 1 unspecified atom stereocenters. The van der Waals surface area contributed by atoms with Crippen LogP contribution in [0.4, 0.5) is 13.2 Å². The van der Waals surface area contributed by atoms with E-state index in [0.717, 1.165) is 18.8 Å². The van der Waals surface area contributed by atoms with Crippen molar-refractivity contribution >= 4 is 11.8 Å². The maximum atomic E-state index is 12.7. The van der Waals surface area contributed by atoms with Crippen LogP contribution in [0.2, 0.25) is 0 Å². The molecule has 0 amide bonds. The van der Waals surface area contributed by atoms with Crippen LogP contribution >= 0.6 is 11.8 Å². The summed E-state index contributed by atoms with van der Waals surface area (Å²) in [5, 5.41) is 0. The van der Waals surface area contributed by atoms with Gasteiger partial charge >= 0.3 is 6.18 Å². The lowest BCUT2D eigenvalue weighted by Gasteiger charge is -2.33. The second-order valence-corrected chi connectivity index (χ2v) is 6.01. The van der Waals surface area contributed by atoms with E-state index in [-0.39, 0.29) is 13.0 Å². The molecule has 0 aromatic heterocycles. The summed E-state index contributed by atoms with van der Waals surface area (Å²) in [6, 6.07) is 9.97. The van der Waals surface area contributed by atoms with E-state index in [9.17, 15) is 13.2 Å². The number of hydrogen-bond donors (Lipinski definition) is 0. The zero-order chi connectivity index (χ0) is 13.7. The van der Waals surface area contributed by atoms with Crippen LogP contribution in [-0.2, 0) is 0 Å². The Balaban J connectivity index is 1.74. The summed E-state index contributed by atoms with van der Waals surface area (Å²) in [7, 11) is 0. The molecule has 106 valence electrons. The second kappa shape index (κ2) is 6.66. The Hall–Kier alpha value is -0.680. The first-order valence-electron chi connectivity index (χ1n) is 6.52. The van der Waals surface area contributed by atoms with Crippen molar-refractivity contribution in [3.8, 4) is 0 Å². The van der Waals surface area contributed by atoms with E-state index < -0.39 is 12.1 Å². The summed E-state index contributed by atoms with van der Waals surface area (Å²) in [5.41, 5.74) is 0. The molecule has 0 spiro atoms. The van der Waals surface area contributed by atoms with Crippen LogP contribution < -0.4 is 0 Å². The van der Waals surface area contributed by atoms with Gasteiger partial charge in [0.25, 0.3) is 0 Å². The highest BCUT2D eigenvalue weighted by Gasteiger charge is 2.41. The van der Waals surface area contributed by atoms with E-state index in [0.29, 0.717) is 6.42 Å². The average Bonchev–Trinajstić information content (AvgIpc) is 2.39. The minimum Gasteiger partial charge on any atom is -0.302 e. The molecule has 2 rings (SSSR count). The summed E-state index contributed by atoms with van der Waals surface area (Å²) in [5.74, 6) is -0.294. The number of piperidine rings is 1. The van der Waals surface area contributed by atoms with Gasteiger partial charge in [0, 0.05) is 23.7 Å². The molecule has 1 aliphatic heterocycles. The Morgan fingerprint density at radius 3 is 2.63 bits per heavy atom. The molecule has 0 N–H and O–H groups in total. The smallest absolute Gasteiger partial charge is 0.302 e. The number of halogens is 3. The van der Waals surface area contributed by atoms with Crippen LogP contribution in [0.5, 0.6) is 0 Å². The van der Waals surface area contributed by atoms with Gasteiger partial charge in [-0.25, -0.2) is 0 Å². The first-order chi connectivity index (χ1) is 9.05. The number of likely N-dealkylation sites (tertiary alicyclic amines) is 1. The highest BCUT2D eigenvalue weighted by Crippen LogP contribution is 2.33. The van der Waals surface area contributed by atoms with Gasteiger partial charge in [0.15, 0.2) is 0 Å². The van der Waals surface area contributed by atoms with Crippen molar-refractivity contribution in [3.05, 3.63) is 30.3 Å². The molecule has 1 aromatic carbocycles. The molecule has 1 saturated heterocycles. The molecule has 0 bridgehead atoms. The number of rotatable bonds is 4. The monoisotopic (exact) mass is 289 g/mol. The van der Waals surface area contributed by atoms with E-state index in [1.54, 1.807) is 11.8 Å². The third-order valence-corrected chi connectivity index (χ3v) is 4.38. The predicted octanol–water partition coefficient (Wildman–Crippen LogP) is 4.05. The lowest BCUT2D eigenvalue weighted by molar-refractivity contribution is -0.186. The summed E-state index contributed by atoms with van der Waals surface area (Å²) in [6.07, 6.45) is -3.10. The Labute approximate surface area is 116 Å². The number of nitrogens with zero attached hydrogens (tertiary/aromatic N) is 1. The van der Waals surface area contributed by atoms with E-state index in [1.165, 1.54) is 4.90 Å². The van der Waals surface area contributed by atoms with E-state index in [1.807, 2.05) is 35.2 Å². The summed E-state index contributed by atoms with van der Waals surface area (Å²) < 4.78 is 38.0. The highest BCUT2D eigenvalue weighted by molar-refractivity contribution is 7.99. The molecule has 1 nitrogen and oxygen atoms in total. The van der Waals surface area contributed by atoms with Crippen molar-refractivity contribution in [2.75, 3.05) is 25.4 Å². The summed E-state index contributed by atoms with van der Waals surface area (Å²) >= 11 is 1.70. The van der Waals surface area contributed by atoms with E-state index in [4.69, 9.17) is 0 Å². The zero-order valence-corrected chi connectivity index (χ0v) is 11.5. The van der Waals surface area contributed by atoms with Gasteiger partial charge in [-0.2, -0.15) is 13.2 Å². The third kappa shape index (κ3) is 4.73. The Morgan fingerprint density at radius 1 is 1.21 bits per heavy atom. The van der Waals surface area contributed by atoms with Crippen molar-refractivity contribution in [3.63, 3.8) is 0 Å². The molecule has 0 aliphatic carbocycles. The predicted molar refractivity (Wildman–Crippen MR) is 72.4 cm³/mol. The minimum absolute atomic E-state index is 0.166. The molecule has 0 radical (unpaired) electrons.